The molecule has 21 heavy (non-hydrogen) atoms. The van der Waals surface area contributed by atoms with Gasteiger partial charge in [0, 0.05) is 6.54 Å². The van der Waals surface area contributed by atoms with Gasteiger partial charge in [0.1, 0.15) is 5.75 Å². The molecule has 0 saturated heterocycles. The van der Waals surface area contributed by atoms with Gasteiger partial charge in [-0.05, 0) is 48.8 Å². The Morgan fingerprint density at radius 2 is 1.95 bits per heavy atom. The Balaban J connectivity index is 1.83. The number of hydrogen-bond donors (Lipinski definition) is 3. The average Bonchev–Trinajstić information content (AvgIpc) is 2.96. The molecule has 1 aromatic carbocycles. The van der Waals surface area contributed by atoms with E-state index in [0.29, 0.717) is 6.42 Å². The standard InChI is InChI=1S/C17H26N2O2/c1-2-17(9-3-4-10-17)12-19-16(21)15(18)11-13-5-7-14(20)8-6-13/h5-8,15,20H,2-4,9-12,18H2,1H3,(H,19,21)/t15-/m0/s1. The zero-order chi connectivity index (χ0) is 15.3. The second kappa shape index (κ2) is 6.94. The highest BCUT2D eigenvalue weighted by atomic mass is 16.3. The van der Waals surface area contributed by atoms with Crippen LogP contribution in [-0.4, -0.2) is 23.6 Å². The first-order valence-electron chi connectivity index (χ1n) is 7.86. The van der Waals surface area contributed by atoms with E-state index in [-0.39, 0.29) is 17.1 Å². The normalized spacial score (nSPS) is 18.4. The van der Waals surface area contributed by atoms with E-state index >= 15 is 0 Å². The molecule has 1 aliphatic carbocycles. The lowest BCUT2D eigenvalue weighted by Crippen LogP contribution is -2.45. The highest BCUT2D eigenvalue weighted by Gasteiger charge is 2.32. The van der Waals surface area contributed by atoms with E-state index < -0.39 is 6.04 Å². The number of phenolic OH excluding ortho intramolecular Hbond substituents is 1. The molecule has 4 nitrogen and oxygen atoms in total. The lowest BCUT2D eigenvalue weighted by molar-refractivity contribution is -0.122. The topological polar surface area (TPSA) is 75.4 Å². The van der Waals surface area contributed by atoms with Gasteiger partial charge in [0.15, 0.2) is 0 Å². The van der Waals surface area contributed by atoms with E-state index in [2.05, 4.69) is 12.2 Å². The molecule has 0 aliphatic heterocycles. The fraction of sp³-hybridized carbons (Fsp3) is 0.588. The fourth-order valence-electron chi connectivity index (χ4n) is 3.16. The zero-order valence-electron chi connectivity index (χ0n) is 12.8. The lowest BCUT2D eigenvalue weighted by atomic mass is 9.83. The van der Waals surface area contributed by atoms with Crippen LogP contribution >= 0.6 is 0 Å². The highest BCUT2D eigenvalue weighted by molar-refractivity contribution is 5.81. The van der Waals surface area contributed by atoms with Crippen molar-refractivity contribution in [2.45, 2.75) is 51.5 Å². The van der Waals surface area contributed by atoms with Crippen LogP contribution < -0.4 is 11.1 Å². The first kappa shape index (κ1) is 15.8. The molecule has 0 aromatic heterocycles. The Morgan fingerprint density at radius 3 is 2.52 bits per heavy atom. The maximum absolute atomic E-state index is 12.1. The number of aromatic hydroxyl groups is 1. The van der Waals surface area contributed by atoms with E-state index in [0.717, 1.165) is 18.5 Å². The van der Waals surface area contributed by atoms with Crippen molar-refractivity contribution < 1.29 is 9.90 Å². The van der Waals surface area contributed by atoms with Gasteiger partial charge in [-0.15, -0.1) is 0 Å². The van der Waals surface area contributed by atoms with Crippen molar-refractivity contribution >= 4 is 5.91 Å². The van der Waals surface area contributed by atoms with Crippen molar-refractivity contribution in [1.82, 2.24) is 5.32 Å². The molecular formula is C17H26N2O2. The van der Waals surface area contributed by atoms with Gasteiger partial charge in [-0.3, -0.25) is 4.79 Å². The van der Waals surface area contributed by atoms with Gasteiger partial charge in [-0.25, -0.2) is 0 Å². The van der Waals surface area contributed by atoms with Crippen LogP contribution in [0.4, 0.5) is 0 Å². The number of nitrogens with two attached hydrogens (primary N) is 1. The summed E-state index contributed by atoms with van der Waals surface area (Å²) in [6.45, 7) is 2.94. The molecule has 0 bridgehead atoms. The average molecular weight is 290 g/mol. The Labute approximate surface area is 126 Å². The Bertz CT molecular complexity index is 464. The molecule has 1 aliphatic rings. The molecule has 116 valence electrons. The van der Waals surface area contributed by atoms with Crippen molar-refractivity contribution in [3.8, 4) is 5.75 Å². The molecule has 0 heterocycles. The van der Waals surface area contributed by atoms with Gasteiger partial charge in [0.05, 0.1) is 6.04 Å². The van der Waals surface area contributed by atoms with Crippen LogP contribution in [-0.2, 0) is 11.2 Å². The summed E-state index contributed by atoms with van der Waals surface area (Å²) in [5.74, 6) is 0.144. The largest absolute Gasteiger partial charge is 0.508 e. The summed E-state index contributed by atoms with van der Waals surface area (Å²) in [5.41, 5.74) is 7.23. The first-order valence-corrected chi connectivity index (χ1v) is 7.86. The number of hydrogen-bond acceptors (Lipinski definition) is 3. The highest BCUT2D eigenvalue weighted by Crippen LogP contribution is 2.40. The summed E-state index contributed by atoms with van der Waals surface area (Å²) < 4.78 is 0. The van der Waals surface area contributed by atoms with Gasteiger partial charge in [0.2, 0.25) is 5.91 Å². The quantitative estimate of drug-likeness (QED) is 0.753. The van der Waals surface area contributed by atoms with Crippen LogP contribution in [0.5, 0.6) is 5.75 Å². The smallest absolute Gasteiger partial charge is 0.237 e. The van der Waals surface area contributed by atoms with E-state index in [1.807, 2.05) is 0 Å². The predicted octanol–water partition coefficient (Wildman–Crippen LogP) is 2.35. The molecule has 1 amide bonds. The van der Waals surface area contributed by atoms with Crippen molar-refractivity contribution in [3.63, 3.8) is 0 Å². The number of nitrogens with one attached hydrogen (secondary N) is 1. The molecule has 1 atom stereocenters. The number of carbonyl (C=O) groups excluding carboxylic acids is 1. The molecule has 1 aromatic rings. The Morgan fingerprint density at radius 1 is 1.33 bits per heavy atom. The third-order valence-electron chi connectivity index (χ3n) is 4.78. The second-order valence-corrected chi connectivity index (χ2v) is 6.26. The van der Waals surface area contributed by atoms with Crippen molar-refractivity contribution in [3.05, 3.63) is 29.8 Å². The van der Waals surface area contributed by atoms with E-state index in [4.69, 9.17) is 5.73 Å². The monoisotopic (exact) mass is 290 g/mol. The molecule has 1 saturated carbocycles. The number of phenols is 1. The summed E-state index contributed by atoms with van der Waals surface area (Å²) in [4.78, 5) is 12.1. The molecule has 0 unspecified atom stereocenters. The summed E-state index contributed by atoms with van der Waals surface area (Å²) >= 11 is 0. The van der Waals surface area contributed by atoms with E-state index in [9.17, 15) is 9.90 Å². The summed E-state index contributed by atoms with van der Waals surface area (Å²) in [6.07, 6.45) is 6.55. The fourth-order valence-corrected chi connectivity index (χ4v) is 3.16. The number of benzene rings is 1. The minimum absolute atomic E-state index is 0.0807. The van der Waals surface area contributed by atoms with Gasteiger partial charge >= 0.3 is 0 Å². The number of carbonyl (C=O) groups is 1. The molecule has 1 fully saturated rings. The third kappa shape index (κ3) is 4.21. The summed E-state index contributed by atoms with van der Waals surface area (Å²) in [6, 6.07) is 6.29. The number of rotatable bonds is 6. The maximum Gasteiger partial charge on any atom is 0.237 e. The van der Waals surface area contributed by atoms with Crippen LogP contribution in [0.2, 0.25) is 0 Å². The van der Waals surface area contributed by atoms with Crippen LogP contribution in [0.15, 0.2) is 24.3 Å². The van der Waals surface area contributed by atoms with Gasteiger partial charge < -0.3 is 16.2 Å². The van der Waals surface area contributed by atoms with Gasteiger partial charge in [-0.1, -0.05) is 31.9 Å². The molecule has 4 heteroatoms. The van der Waals surface area contributed by atoms with Gasteiger partial charge in [0.25, 0.3) is 0 Å². The van der Waals surface area contributed by atoms with Crippen LogP contribution in [0, 0.1) is 5.41 Å². The third-order valence-corrected chi connectivity index (χ3v) is 4.78. The Kier molecular flexibility index (Phi) is 5.23. The molecule has 2 rings (SSSR count). The van der Waals surface area contributed by atoms with Crippen molar-refractivity contribution in [2.75, 3.05) is 6.54 Å². The molecule has 4 N–H and O–H groups in total. The summed E-state index contributed by atoms with van der Waals surface area (Å²) in [7, 11) is 0. The van der Waals surface area contributed by atoms with Crippen LogP contribution in [0.25, 0.3) is 0 Å². The van der Waals surface area contributed by atoms with Crippen molar-refractivity contribution in [2.24, 2.45) is 11.1 Å². The molecule has 0 spiro atoms. The molecule has 0 radical (unpaired) electrons. The minimum atomic E-state index is -0.537. The minimum Gasteiger partial charge on any atom is -0.508 e. The predicted molar refractivity (Wildman–Crippen MR) is 84.0 cm³/mol. The second-order valence-electron chi connectivity index (χ2n) is 6.26. The van der Waals surface area contributed by atoms with E-state index in [1.54, 1.807) is 24.3 Å². The van der Waals surface area contributed by atoms with Crippen LogP contribution in [0.1, 0.15) is 44.6 Å². The number of amides is 1. The summed E-state index contributed by atoms with van der Waals surface area (Å²) in [5, 5.41) is 12.3. The van der Waals surface area contributed by atoms with Crippen LogP contribution in [0.3, 0.4) is 0 Å². The van der Waals surface area contributed by atoms with E-state index in [1.165, 1.54) is 25.7 Å². The first-order chi connectivity index (χ1) is 10.0. The van der Waals surface area contributed by atoms with Crippen molar-refractivity contribution in [1.29, 1.82) is 0 Å². The Hall–Kier alpha value is -1.55. The molecular weight excluding hydrogens is 264 g/mol. The lowest BCUT2D eigenvalue weighted by Gasteiger charge is -2.28. The SMILES string of the molecule is CCC1(CNC(=O)[C@@H](N)Cc2ccc(O)cc2)CCCC1. The zero-order valence-corrected chi connectivity index (χ0v) is 12.8. The van der Waals surface area contributed by atoms with Gasteiger partial charge in [-0.2, -0.15) is 0 Å². The maximum atomic E-state index is 12.1.